The SMILES string of the molecule is COc1cc(CC(=O)NC2CCN(C(=O)OC(CC(C)C)CC(C)C)CC2)ccc1O. The number of piperidine rings is 1. The molecule has 1 saturated heterocycles. The van der Waals surface area contributed by atoms with Crippen LogP contribution < -0.4 is 10.1 Å². The molecule has 1 aliphatic rings. The Hall–Kier alpha value is -2.44. The summed E-state index contributed by atoms with van der Waals surface area (Å²) in [4.78, 5) is 26.8. The number of carbonyl (C=O) groups excluding carboxylic acids is 2. The molecule has 0 bridgehead atoms. The molecular weight excluding hydrogens is 396 g/mol. The van der Waals surface area contributed by atoms with Crippen molar-refractivity contribution in [1.29, 1.82) is 0 Å². The van der Waals surface area contributed by atoms with Crippen molar-refractivity contribution in [3.05, 3.63) is 23.8 Å². The van der Waals surface area contributed by atoms with Crippen LogP contribution in [0, 0.1) is 11.8 Å². The molecule has 7 heteroatoms. The first-order valence-corrected chi connectivity index (χ1v) is 11.3. The molecule has 7 nitrogen and oxygen atoms in total. The van der Waals surface area contributed by atoms with Gasteiger partial charge in [0.25, 0.3) is 0 Å². The van der Waals surface area contributed by atoms with Crippen LogP contribution >= 0.6 is 0 Å². The molecule has 2 N–H and O–H groups in total. The highest BCUT2D eigenvalue weighted by Gasteiger charge is 2.27. The third kappa shape index (κ3) is 8.31. The summed E-state index contributed by atoms with van der Waals surface area (Å²) in [7, 11) is 1.48. The first kappa shape index (κ1) is 24.8. The van der Waals surface area contributed by atoms with Gasteiger partial charge in [-0.15, -0.1) is 0 Å². The van der Waals surface area contributed by atoms with Gasteiger partial charge in [-0.05, 0) is 55.2 Å². The van der Waals surface area contributed by atoms with E-state index in [1.807, 2.05) is 0 Å². The van der Waals surface area contributed by atoms with Crippen LogP contribution in [0.15, 0.2) is 18.2 Å². The number of phenolic OH excluding ortho intramolecular Hbond substituents is 1. The zero-order chi connectivity index (χ0) is 23.0. The van der Waals surface area contributed by atoms with Crippen LogP contribution in [0.4, 0.5) is 4.79 Å². The zero-order valence-corrected chi connectivity index (χ0v) is 19.5. The van der Waals surface area contributed by atoms with Gasteiger partial charge in [-0.25, -0.2) is 4.79 Å². The molecular formula is C24H38N2O5. The van der Waals surface area contributed by atoms with Crippen molar-refractivity contribution in [2.45, 2.75) is 71.9 Å². The summed E-state index contributed by atoms with van der Waals surface area (Å²) in [6, 6.07) is 4.94. The molecule has 2 rings (SSSR count). The number of ether oxygens (including phenoxy) is 2. The number of nitrogens with zero attached hydrogens (tertiary/aromatic N) is 1. The number of amides is 2. The van der Waals surface area contributed by atoms with Gasteiger partial charge in [0.05, 0.1) is 13.5 Å². The predicted molar refractivity (Wildman–Crippen MR) is 120 cm³/mol. The minimum Gasteiger partial charge on any atom is -0.504 e. The van der Waals surface area contributed by atoms with E-state index in [1.54, 1.807) is 17.0 Å². The normalized spacial score (nSPS) is 14.9. The van der Waals surface area contributed by atoms with E-state index in [2.05, 4.69) is 33.0 Å². The second-order valence-electron chi connectivity index (χ2n) is 9.28. The van der Waals surface area contributed by atoms with Crippen molar-refractivity contribution < 1.29 is 24.2 Å². The van der Waals surface area contributed by atoms with Crippen molar-refractivity contribution in [2.24, 2.45) is 11.8 Å². The molecule has 1 heterocycles. The van der Waals surface area contributed by atoms with Gasteiger partial charge in [0.15, 0.2) is 11.5 Å². The van der Waals surface area contributed by atoms with Crippen molar-refractivity contribution in [2.75, 3.05) is 20.2 Å². The predicted octanol–water partition coefficient (Wildman–Crippen LogP) is 4.12. The van der Waals surface area contributed by atoms with Crippen LogP contribution in [0.5, 0.6) is 11.5 Å². The second kappa shape index (κ2) is 11.8. The van der Waals surface area contributed by atoms with E-state index in [0.717, 1.165) is 18.4 Å². The van der Waals surface area contributed by atoms with Gasteiger partial charge in [-0.1, -0.05) is 33.8 Å². The Balaban J connectivity index is 1.79. The summed E-state index contributed by atoms with van der Waals surface area (Å²) >= 11 is 0. The number of phenols is 1. The maximum atomic E-state index is 12.6. The monoisotopic (exact) mass is 434 g/mol. The minimum atomic E-state index is -0.243. The molecule has 0 radical (unpaired) electrons. The Morgan fingerprint density at radius 1 is 1.13 bits per heavy atom. The average molecular weight is 435 g/mol. The molecule has 1 aromatic rings. The fourth-order valence-corrected chi connectivity index (χ4v) is 3.96. The van der Waals surface area contributed by atoms with Gasteiger partial charge in [0.1, 0.15) is 6.10 Å². The van der Waals surface area contributed by atoms with Crippen LogP contribution in [0.3, 0.4) is 0 Å². The fraction of sp³-hybridized carbons (Fsp3) is 0.667. The maximum absolute atomic E-state index is 12.6. The summed E-state index contributed by atoms with van der Waals surface area (Å²) in [6.45, 7) is 9.72. The summed E-state index contributed by atoms with van der Waals surface area (Å²) < 4.78 is 10.9. The molecule has 0 spiro atoms. The molecule has 0 unspecified atom stereocenters. The lowest BCUT2D eigenvalue weighted by molar-refractivity contribution is -0.121. The standard InChI is InChI=1S/C24H38N2O5/c1-16(2)12-20(13-17(3)4)31-24(29)26-10-8-19(9-11-26)25-23(28)15-18-6-7-21(27)22(14-18)30-5/h6-7,14,16-17,19-20,27H,8-13,15H2,1-5H3,(H,25,28). The lowest BCUT2D eigenvalue weighted by Crippen LogP contribution is -2.47. The van der Waals surface area contributed by atoms with Crippen molar-refractivity contribution in [3.63, 3.8) is 0 Å². The van der Waals surface area contributed by atoms with E-state index in [9.17, 15) is 14.7 Å². The Kier molecular flexibility index (Phi) is 9.46. The number of hydrogen-bond acceptors (Lipinski definition) is 5. The summed E-state index contributed by atoms with van der Waals surface area (Å²) in [5, 5.41) is 12.7. The van der Waals surface area contributed by atoms with E-state index in [0.29, 0.717) is 43.5 Å². The van der Waals surface area contributed by atoms with Crippen LogP contribution in [0.1, 0.15) is 58.9 Å². The molecule has 0 aliphatic carbocycles. The number of aromatic hydroxyl groups is 1. The molecule has 0 saturated carbocycles. The van der Waals surface area contributed by atoms with Crippen molar-refractivity contribution in [3.8, 4) is 11.5 Å². The number of likely N-dealkylation sites (tertiary alicyclic amines) is 1. The third-order valence-electron chi connectivity index (χ3n) is 5.46. The number of benzene rings is 1. The van der Waals surface area contributed by atoms with Gasteiger partial charge >= 0.3 is 6.09 Å². The molecule has 31 heavy (non-hydrogen) atoms. The van der Waals surface area contributed by atoms with Crippen LogP contribution in [0.25, 0.3) is 0 Å². The molecule has 0 atom stereocenters. The van der Waals surface area contributed by atoms with E-state index < -0.39 is 0 Å². The molecule has 1 aromatic carbocycles. The summed E-state index contributed by atoms with van der Waals surface area (Å²) in [5.41, 5.74) is 0.773. The smallest absolute Gasteiger partial charge is 0.410 e. The summed E-state index contributed by atoms with van der Waals surface area (Å²) in [5.74, 6) is 1.28. The second-order valence-corrected chi connectivity index (χ2v) is 9.28. The number of rotatable bonds is 9. The highest BCUT2D eigenvalue weighted by molar-refractivity contribution is 5.79. The van der Waals surface area contributed by atoms with Crippen LogP contribution in [-0.2, 0) is 16.0 Å². The fourth-order valence-electron chi connectivity index (χ4n) is 3.96. The molecule has 2 amide bonds. The molecule has 0 aromatic heterocycles. The van der Waals surface area contributed by atoms with Gasteiger partial charge in [0, 0.05) is 19.1 Å². The van der Waals surface area contributed by atoms with Gasteiger partial charge in [-0.2, -0.15) is 0 Å². The van der Waals surface area contributed by atoms with Crippen LogP contribution in [-0.4, -0.2) is 54.4 Å². The number of methoxy groups -OCH3 is 1. The Morgan fingerprint density at radius 2 is 1.74 bits per heavy atom. The first-order chi connectivity index (χ1) is 14.7. The zero-order valence-electron chi connectivity index (χ0n) is 19.5. The van der Waals surface area contributed by atoms with Crippen LogP contribution in [0.2, 0.25) is 0 Å². The Morgan fingerprint density at radius 3 is 2.29 bits per heavy atom. The topological polar surface area (TPSA) is 88.1 Å². The molecule has 1 aliphatic heterocycles. The quantitative estimate of drug-likeness (QED) is 0.610. The lowest BCUT2D eigenvalue weighted by atomic mass is 9.98. The Bertz CT molecular complexity index is 717. The number of carbonyl (C=O) groups is 2. The molecule has 1 fully saturated rings. The maximum Gasteiger partial charge on any atom is 0.410 e. The Labute approximate surface area is 186 Å². The average Bonchev–Trinajstić information content (AvgIpc) is 2.68. The largest absolute Gasteiger partial charge is 0.504 e. The number of hydrogen-bond donors (Lipinski definition) is 2. The minimum absolute atomic E-state index is 0.0395. The van der Waals surface area contributed by atoms with E-state index >= 15 is 0 Å². The van der Waals surface area contributed by atoms with Gasteiger partial charge < -0.3 is 24.8 Å². The third-order valence-corrected chi connectivity index (χ3v) is 5.46. The van der Waals surface area contributed by atoms with Gasteiger partial charge in [-0.3, -0.25) is 4.79 Å². The number of nitrogens with one attached hydrogen (secondary N) is 1. The van der Waals surface area contributed by atoms with E-state index in [1.165, 1.54) is 13.2 Å². The first-order valence-electron chi connectivity index (χ1n) is 11.3. The lowest BCUT2D eigenvalue weighted by Gasteiger charge is -2.33. The molecule has 174 valence electrons. The highest BCUT2D eigenvalue weighted by Crippen LogP contribution is 2.26. The summed E-state index contributed by atoms with van der Waals surface area (Å²) in [6.07, 6.45) is 3.08. The van der Waals surface area contributed by atoms with Crippen molar-refractivity contribution >= 4 is 12.0 Å². The highest BCUT2D eigenvalue weighted by atomic mass is 16.6. The van der Waals surface area contributed by atoms with Crippen molar-refractivity contribution in [1.82, 2.24) is 10.2 Å². The van der Waals surface area contributed by atoms with E-state index in [-0.39, 0.29) is 36.3 Å². The van der Waals surface area contributed by atoms with E-state index in [4.69, 9.17) is 9.47 Å². The van der Waals surface area contributed by atoms with Gasteiger partial charge in [0.2, 0.25) is 5.91 Å².